The zero-order chi connectivity index (χ0) is 24.8. The van der Waals surface area contributed by atoms with Gasteiger partial charge in [0.05, 0.1) is 22.8 Å². The zero-order valence-electron chi connectivity index (χ0n) is 19.3. The lowest BCUT2D eigenvalue weighted by Gasteiger charge is -2.23. The standard InChI is InChI=1S/C28H24F3N3O/c1-27(2)16-22(27)21-6-4-14-33-25(21)24(18-9-11-20(12-10-18)28(29,30)31)34-26(35)19-8-7-17-5-3-13-32-23(17)15-19/h3-15,22,24H,16H2,1-2H3,(H,34,35)/t22-,24?/m0/s1. The van der Waals surface area contributed by atoms with Crippen molar-refractivity contribution in [3.05, 3.63) is 107 Å². The molecule has 7 heteroatoms. The van der Waals surface area contributed by atoms with Crippen LogP contribution in [0.15, 0.2) is 79.1 Å². The average molecular weight is 476 g/mol. The van der Waals surface area contributed by atoms with Crippen LogP contribution in [0.5, 0.6) is 0 Å². The first-order valence-electron chi connectivity index (χ1n) is 11.4. The zero-order valence-corrected chi connectivity index (χ0v) is 19.3. The van der Waals surface area contributed by atoms with Crippen LogP contribution in [0, 0.1) is 5.41 Å². The maximum absolute atomic E-state index is 13.3. The summed E-state index contributed by atoms with van der Waals surface area (Å²) in [6, 6.07) is 17.0. The van der Waals surface area contributed by atoms with Crippen LogP contribution < -0.4 is 5.32 Å². The summed E-state index contributed by atoms with van der Waals surface area (Å²) in [5, 5.41) is 3.94. The number of nitrogens with zero attached hydrogens (tertiary/aromatic N) is 2. The molecule has 1 aliphatic rings. The van der Waals surface area contributed by atoms with Crippen molar-refractivity contribution in [3.8, 4) is 0 Å². The molecule has 4 nitrogen and oxygen atoms in total. The highest BCUT2D eigenvalue weighted by Crippen LogP contribution is 2.59. The molecule has 0 spiro atoms. The van der Waals surface area contributed by atoms with E-state index in [-0.39, 0.29) is 17.2 Å². The third kappa shape index (κ3) is 4.63. The Kier molecular flexibility index (Phi) is 5.58. The molecule has 0 radical (unpaired) electrons. The number of hydrogen-bond acceptors (Lipinski definition) is 3. The van der Waals surface area contributed by atoms with Gasteiger partial charge in [-0.3, -0.25) is 14.8 Å². The summed E-state index contributed by atoms with van der Waals surface area (Å²) in [7, 11) is 0. The molecule has 178 valence electrons. The van der Waals surface area contributed by atoms with Gasteiger partial charge >= 0.3 is 6.18 Å². The van der Waals surface area contributed by atoms with Crippen LogP contribution in [-0.4, -0.2) is 15.9 Å². The fraction of sp³-hybridized carbons (Fsp3) is 0.250. The van der Waals surface area contributed by atoms with Crippen LogP contribution in [0.3, 0.4) is 0 Å². The highest BCUT2D eigenvalue weighted by Gasteiger charge is 2.48. The molecule has 1 saturated carbocycles. The van der Waals surface area contributed by atoms with Gasteiger partial charge in [-0.1, -0.05) is 44.2 Å². The van der Waals surface area contributed by atoms with Crippen molar-refractivity contribution in [2.75, 3.05) is 0 Å². The molecular weight excluding hydrogens is 451 g/mol. The van der Waals surface area contributed by atoms with Crippen molar-refractivity contribution in [1.29, 1.82) is 0 Å². The number of benzene rings is 2. The minimum absolute atomic E-state index is 0.108. The topological polar surface area (TPSA) is 54.9 Å². The first-order chi connectivity index (χ1) is 16.6. The smallest absolute Gasteiger partial charge is 0.340 e. The Morgan fingerprint density at radius 2 is 1.69 bits per heavy atom. The van der Waals surface area contributed by atoms with E-state index in [9.17, 15) is 18.0 Å². The minimum Gasteiger partial charge on any atom is -0.340 e. The second kappa shape index (κ2) is 8.48. The van der Waals surface area contributed by atoms with Crippen LogP contribution in [0.4, 0.5) is 13.2 Å². The third-order valence-corrected chi connectivity index (χ3v) is 6.75. The van der Waals surface area contributed by atoms with Gasteiger partial charge in [0, 0.05) is 23.3 Å². The number of fused-ring (bicyclic) bond motifs is 1. The first kappa shape index (κ1) is 23.0. The fourth-order valence-electron chi connectivity index (χ4n) is 4.56. The predicted molar refractivity (Wildman–Crippen MR) is 128 cm³/mol. The number of hydrogen-bond donors (Lipinski definition) is 1. The van der Waals surface area contributed by atoms with Crippen LogP contribution in [0.25, 0.3) is 10.9 Å². The minimum atomic E-state index is -4.44. The van der Waals surface area contributed by atoms with E-state index >= 15 is 0 Å². The van der Waals surface area contributed by atoms with Gasteiger partial charge in [0.2, 0.25) is 0 Å². The van der Waals surface area contributed by atoms with E-state index in [1.807, 2.05) is 30.3 Å². The Bertz CT molecular complexity index is 1400. The van der Waals surface area contributed by atoms with Gasteiger partial charge in [-0.05, 0) is 65.3 Å². The molecule has 0 bridgehead atoms. The van der Waals surface area contributed by atoms with Crippen molar-refractivity contribution >= 4 is 16.8 Å². The first-order valence-corrected chi connectivity index (χ1v) is 11.4. The Balaban J connectivity index is 1.54. The molecule has 0 saturated heterocycles. The normalized spacial score (nSPS) is 17.7. The van der Waals surface area contributed by atoms with Gasteiger partial charge < -0.3 is 5.32 Å². The molecule has 2 atom stereocenters. The van der Waals surface area contributed by atoms with Crippen LogP contribution in [0.1, 0.15) is 65.0 Å². The second-order valence-electron chi connectivity index (χ2n) is 9.66. The number of nitrogens with one attached hydrogen (secondary N) is 1. The molecule has 1 N–H and O–H groups in total. The van der Waals surface area contributed by atoms with Gasteiger partial charge in [0.25, 0.3) is 5.91 Å². The lowest BCUT2D eigenvalue weighted by molar-refractivity contribution is -0.137. The molecule has 1 unspecified atom stereocenters. The molecular formula is C28H24F3N3O. The molecule has 2 aromatic heterocycles. The number of amides is 1. The quantitative estimate of drug-likeness (QED) is 0.350. The highest BCUT2D eigenvalue weighted by atomic mass is 19.4. The monoisotopic (exact) mass is 475 g/mol. The van der Waals surface area contributed by atoms with Crippen molar-refractivity contribution in [2.45, 2.75) is 38.4 Å². The molecule has 0 aliphatic heterocycles. The van der Waals surface area contributed by atoms with Crippen molar-refractivity contribution < 1.29 is 18.0 Å². The lowest BCUT2D eigenvalue weighted by Crippen LogP contribution is -2.31. The van der Waals surface area contributed by atoms with Crippen molar-refractivity contribution in [1.82, 2.24) is 15.3 Å². The maximum atomic E-state index is 13.3. The fourth-order valence-corrected chi connectivity index (χ4v) is 4.56. The summed E-state index contributed by atoms with van der Waals surface area (Å²) in [6.45, 7) is 4.34. The predicted octanol–water partition coefficient (Wildman–Crippen LogP) is 6.68. The number of halogens is 3. The number of aromatic nitrogens is 2. The summed E-state index contributed by atoms with van der Waals surface area (Å²) in [5.74, 6) is -0.0842. The van der Waals surface area contributed by atoms with Gasteiger partial charge in [-0.25, -0.2) is 0 Å². The van der Waals surface area contributed by atoms with E-state index < -0.39 is 17.8 Å². The number of carbonyl (C=O) groups excluding carboxylic acids is 1. The Labute approximate surface area is 201 Å². The van der Waals surface area contributed by atoms with E-state index in [2.05, 4.69) is 29.1 Å². The summed E-state index contributed by atoms with van der Waals surface area (Å²) in [5.41, 5.74) is 2.65. The van der Waals surface area contributed by atoms with Crippen LogP contribution in [0.2, 0.25) is 0 Å². The van der Waals surface area contributed by atoms with E-state index in [0.717, 1.165) is 29.5 Å². The summed E-state index contributed by atoms with van der Waals surface area (Å²) >= 11 is 0. The molecule has 2 aromatic carbocycles. The van der Waals surface area contributed by atoms with Crippen molar-refractivity contribution in [2.24, 2.45) is 5.41 Å². The third-order valence-electron chi connectivity index (χ3n) is 6.75. The SMILES string of the molecule is CC1(C)C[C@H]1c1cccnc1C(NC(=O)c1ccc2cccnc2c1)c1ccc(C(F)(F)F)cc1. The van der Waals surface area contributed by atoms with Gasteiger partial charge in [0.15, 0.2) is 0 Å². The molecule has 35 heavy (non-hydrogen) atoms. The molecule has 2 heterocycles. The van der Waals surface area contributed by atoms with E-state index in [4.69, 9.17) is 0 Å². The summed E-state index contributed by atoms with van der Waals surface area (Å²) in [6.07, 6.45) is -0.150. The largest absolute Gasteiger partial charge is 0.416 e. The van der Waals surface area contributed by atoms with E-state index in [0.29, 0.717) is 22.3 Å². The van der Waals surface area contributed by atoms with Crippen LogP contribution >= 0.6 is 0 Å². The number of pyridine rings is 2. The molecule has 5 rings (SSSR count). The van der Waals surface area contributed by atoms with Crippen LogP contribution in [-0.2, 0) is 6.18 Å². The number of alkyl halides is 3. The second-order valence-corrected chi connectivity index (χ2v) is 9.66. The van der Waals surface area contributed by atoms with Gasteiger partial charge in [-0.15, -0.1) is 0 Å². The van der Waals surface area contributed by atoms with E-state index in [1.165, 1.54) is 12.1 Å². The average Bonchev–Trinajstić information content (AvgIpc) is 3.49. The van der Waals surface area contributed by atoms with Crippen molar-refractivity contribution in [3.63, 3.8) is 0 Å². The molecule has 1 amide bonds. The van der Waals surface area contributed by atoms with E-state index in [1.54, 1.807) is 24.5 Å². The maximum Gasteiger partial charge on any atom is 0.416 e. The summed E-state index contributed by atoms with van der Waals surface area (Å²) in [4.78, 5) is 22.3. The Morgan fingerprint density at radius 1 is 1.00 bits per heavy atom. The van der Waals surface area contributed by atoms with Gasteiger partial charge in [-0.2, -0.15) is 13.2 Å². The Morgan fingerprint density at radius 3 is 2.37 bits per heavy atom. The molecule has 1 aliphatic carbocycles. The lowest BCUT2D eigenvalue weighted by atomic mass is 9.93. The summed E-state index contributed by atoms with van der Waals surface area (Å²) < 4.78 is 39.5. The number of carbonyl (C=O) groups is 1. The Hall–Kier alpha value is -3.74. The van der Waals surface area contributed by atoms with Gasteiger partial charge in [0.1, 0.15) is 0 Å². The molecule has 4 aromatic rings. The number of rotatable bonds is 5. The highest BCUT2D eigenvalue weighted by molar-refractivity contribution is 5.98. The molecule has 1 fully saturated rings.